The summed E-state index contributed by atoms with van der Waals surface area (Å²) < 4.78 is 0. The molecular weight excluding hydrogens is 260 g/mol. The molecule has 1 aliphatic carbocycles. The summed E-state index contributed by atoms with van der Waals surface area (Å²) >= 11 is 0. The van der Waals surface area contributed by atoms with Crippen molar-refractivity contribution in [1.29, 1.82) is 0 Å². The lowest BCUT2D eigenvalue weighted by Gasteiger charge is -2.21. The molecule has 2 N–H and O–H groups in total. The van der Waals surface area contributed by atoms with Crippen molar-refractivity contribution in [2.24, 2.45) is 11.7 Å². The average molecular weight is 282 g/mol. The maximum Gasteiger partial charge on any atom is 0.225 e. The third-order valence-corrected chi connectivity index (χ3v) is 4.43. The van der Waals surface area contributed by atoms with E-state index in [0.717, 1.165) is 19.3 Å². The minimum absolute atomic E-state index is 0.116. The maximum absolute atomic E-state index is 12.4. The second-order valence-corrected chi connectivity index (χ2v) is 6.15. The Kier molecular flexibility index (Phi) is 3.93. The summed E-state index contributed by atoms with van der Waals surface area (Å²) in [6.07, 6.45) is 2.74. The van der Waals surface area contributed by atoms with Crippen LogP contribution in [0, 0.1) is 5.92 Å². The third kappa shape index (κ3) is 3.08. The molecule has 21 heavy (non-hydrogen) atoms. The van der Waals surface area contributed by atoms with Crippen LogP contribution in [0.3, 0.4) is 0 Å². The Morgan fingerprint density at radius 1 is 1.19 bits per heavy atom. The Labute approximate surface area is 125 Å². The van der Waals surface area contributed by atoms with Crippen LogP contribution in [0.15, 0.2) is 42.5 Å². The van der Waals surface area contributed by atoms with Crippen molar-refractivity contribution in [3.8, 4) is 0 Å². The SMILES string of the molecule is CN(Cc1ccc2ccccc2c1)C(=O)C1CCC(N)C1. The quantitative estimate of drug-likeness (QED) is 0.941. The number of carbonyl (C=O) groups excluding carboxylic acids is 1. The Morgan fingerprint density at radius 2 is 1.95 bits per heavy atom. The van der Waals surface area contributed by atoms with Crippen molar-refractivity contribution < 1.29 is 4.79 Å². The van der Waals surface area contributed by atoms with Crippen LogP contribution in [0.2, 0.25) is 0 Å². The molecule has 1 saturated carbocycles. The minimum atomic E-state index is 0.116. The molecule has 3 heteroatoms. The van der Waals surface area contributed by atoms with Crippen LogP contribution >= 0.6 is 0 Å². The van der Waals surface area contributed by atoms with Crippen LogP contribution in [0.25, 0.3) is 10.8 Å². The van der Waals surface area contributed by atoms with Gasteiger partial charge in [0.05, 0.1) is 0 Å². The first-order valence-corrected chi connectivity index (χ1v) is 7.62. The van der Waals surface area contributed by atoms with E-state index in [-0.39, 0.29) is 17.9 Å². The van der Waals surface area contributed by atoms with Gasteiger partial charge >= 0.3 is 0 Å². The van der Waals surface area contributed by atoms with E-state index in [1.807, 2.05) is 24.1 Å². The number of fused-ring (bicyclic) bond motifs is 1. The van der Waals surface area contributed by atoms with Gasteiger partial charge in [-0.15, -0.1) is 0 Å². The number of amides is 1. The second-order valence-electron chi connectivity index (χ2n) is 6.15. The molecule has 2 atom stereocenters. The number of nitrogens with zero attached hydrogens (tertiary/aromatic N) is 1. The van der Waals surface area contributed by atoms with E-state index < -0.39 is 0 Å². The number of rotatable bonds is 3. The lowest BCUT2D eigenvalue weighted by atomic mass is 10.0. The topological polar surface area (TPSA) is 46.3 Å². The highest BCUT2D eigenvalue weighted by atomic mass is 16.2. The van der Waals surface area contributed by atoms with Crippen LogP contribution < -0.4 is 5.73 Å². The van der Waals surface area contributed by atoms with Gasteiger partial charge in [0.25, 0.3) is 0 Å². The molecule has 3 nitrogen and oxygen atoms in total. The highest BCUT2D eigenvalue weighted by Crippen LogP contribution is 2.26. The van der Waals surface area contributed by atoms with Gasteiger partial charge in [-0.1, -0.05) is 36.4 Å². The number of benzene rings is 2. The van der Waals surface area contributed by atoms with Crippen LogP contribution in [-0.2, 0) is 11.3 Å². The zero-order valence-electron chi connectivity index (χ0n) is 12.5. The zero-order valence-corrected chi connectivity index (χ0v) is 12.5. The van der Waals surface area contributed by atoms with E-state index in [1.54, 1.807) is 0 Å². The van der Waals surface area contributed by atoms with Crippen molar-refractivity contribution in [3.63, 3.8) is 0 Å². The predicted octanol–water partition coefficient (Wildman–Crippen LogP) is 2.93. The van der Waals surface area contributed by atoms with E-state index in [2.05, 4.69) is 30.3 Å². The van der Waals surface area contributed by atoms with E-state index in [1.165, 1.54) is 16.3 Å². The third-order valence-electron chi connectivity index (χ3n) is 4.43. The van der Waals surface area contributed by atoms with Crippen molar-refractivity contribution >= 4 is 16.7 Å². The van der Waals surface area contributed by atoms with Crippen LogP contribution in [-0.4, -0.2) is 23.9 Å². The van der Waals surface area contributed by atoms with Gasteiger partial charge in [0.2, 0.25) is 5.91 Å². The predicted molar refractivity (Wildman–Crippen MR) is 85.7 cm³/mol. The summed E-state index contributed by atoms with van der Waals surface area (Å²) in [7, 11) is 1.89. The zero-order chi connectivity index (χ0) is 14.8. The van der Waals surface area contributed by atoms with Crippen molar-refractivity contribution in [2.75, 3.05) is 7.05 Å². The molecule has 3 rings (SSSR count). The Morgan fingerprint density at radius 3 is 2.67 bits per heavy atom. The molecule has 1 aliphatic rings. The van der Waals surface area contributed by atoms with Gasteiger partial charge in [-0.05, 0) is 41.7 Å². The Balaban J connectivity index is 1.70. The second kappa shape index (κ2) is 5.86. The summed E-state index contributed by atoms with van der Waals surface area (Å²) in [6.45, 7) is 0.662. The van der Waals surface area contributed by atoms with Crippen molar-refractivity contribution in [3.05, 3.63) is 48.0 Å². The number of carbonyl (C=O) groups is 1. The molecule has 0 aliphatic heterocycles. The molecule has 2 aromatic carbocycles. The fourth-order valence-electron chi connectivity index (χ4n) is 3.24. The van der Waals surface area contributed by atoms with Gasteiger partial charge in [-0.3, -0.25) is 4.79 Å². The normalized spacial score (nSPS) is 21.6. The lowest BCUT2D eigenvalue weighted by Crippen LogP contribution is -2.32. The fraction of sp³-hybridized carbons (Fsp3) is 0.389. The molecule has 2 unspecified atom stereocenters. The smallest absolute Gasteiger partial charge is 0.225 e. The molecule has 0 spiro atoms. The van der Waals surface area contributed by atoms with Gasteiger partial charge in [0.1, 0.15) is 0 Å². The Hall–Kier alpha value is -1.87. The molecule has 1 amide bonds. The fourth-order valence-corrected chi connectivity index (χ4v) is 3.24. The summed E-state index contributed by atoms with van der Waals surface area (Å²) in [5, 5.41) is 2.45. The summed E-state index contributed by atoms with van der Waals surface area (Å²) in [5.41, 5.74) is 7.08. The molecule has 0 aromatic heterocycles. The van der Waals surface area contributed by atoms with Crippen LogP contribution in [0.4, 0.5) is 0 Å². The van der Waals surface area contributed by atoms with Crippen molar-refractivity contribution in [1.82, 2.24) is 4.90 Å². The molecule has 1 fully saturated rings. The molecule has 0 radical (unpaired) electrons. The van der Waals surface area contributed by atoms with Gasteiger partial charge in [0, 0.05) is 25.6 Å². The largest absolute Gasteiger partial charge is 0.341 e. The first-order chi connectivity index (χ1) is 10.1. The highest BCUT2D eigenvalue weighted by Gasteiger charge is 2.29. The van der Waals surface area contributed by atoms with Gasteiger partial charge in [-0.25, -0.2) is 0 Å². The Bertz CT molecular complexity index is 652. The number of hydrogen-bond donors (Lipinski definition) is 1. The first kappa shape index (κ1) is 14.1. The van der Waals surface area contributed by atoms with Crippen molar-refractivity contribution in [2.45, 2.75) is 31.8 Å². The van der Waals surface area contributed by atoms with Crippen LogP contribution in [0.5, 0.6) is 0 Å². The van der Waals surface area contributed by atoms with Gasteiger partial charge in [-0.2, -0.15) is 0 Å². The molecule has 0 heterocycles. The molecular formula is C18H22N2O. The molecule has 0 saturated heterocycles. The summed E-state index contributed by atoms with van der Waals surface area (Å²) in [5.74, 6) is 0.349. The summed E-state index contributed by atoms with van der Waals surface area (Å²) in [4.78, 5) is 14.3. The van der Waals surface area contributed by atoms with Crippen LogP contribution in [0.1, 0.15) is 24.8 Å². The van der Waals surface area contributed by atoms with E-state index in [4.69, 9.17) is 5.73 Å². The maximum atomic E-state index is 12.4. The standard InChI is InChI=1S/C18H22N2O/c1-20(18(21)16-8-9-17(19)11-16)12-13-6-7-14-4-2-3-5-15(14)10-13/h2-7,10,16-17H,8-9,11-12,19H2,1H3. The molecule has 110 valence electrons. The number of nitrogens with two attached hydrogens (primary N) is 1. The first-order valence-electron chi connectivity index (χ1n) is 7.62. The van der Waals surface area contributed by atoms with E-state index in [9.17, 15) is 4.79 Å². The minimum Gasteiger partial charge on any atom is -0.341 e. The summed E-state index contributed by atoms with van der Waals surface area (Å²) in [6, 6.07) is 14.9. The molecule has 2 aromatic rings. The van der Waals surface area contributed by atoms with E-state index >= 15 is 0 Å². The van der Waals surface area contributed by atoms with Gasteiger partial charge < -0.3 is 10.6 Å². The average Bonchev–Trinajstić information content (AvgIpc) is 2.93. The highest BCUT2D eigenvalue weighted by molar-refractivity contribution is 5.83. The molecule has 0 bridgehead atoms. The lowest BCUT2D eigenvalue weighted by molar-refractivity contribution is -0.134. The van der Waals surface area contributed by atoms with E-state index in [0.29, 0.717) is 6.54 Å². The number of hydrogen-bond acceptors (Lipinski definition) is 2. The van der Waals surface area contributed by atoms with Gasteiger partial charge in [0.15, 0.2) is 0 Å². The monoisotopic (exact) mass is 282 g/mol.